The number of halogens is 1. The maximum atomic E-state index is 2.57. The van der Waals surface area contributed by atoms with E-state index in [1.807, 2.05) is 0 Å². The molecular formula is C10H18IN. The van der Waals surface area contributed by atoms with Crippen LogP contribution < -0.4 is 0 Å². The molecule has 0 aliphatic heterocycles. The minimum absolute atomic E-state index is 1.24. The molecule has 0 N–H and O–H groups in total. The Morgan fingerprint density at radius 1 is 1.25 bits per heavy atom. The highest BCUT2D eigenvalue weighted by Gasteiger charge is 2.20. The van der Waals surface area contributed by atoms with E-state index in [1.54, 1.807) is 9.15 Å². The lowest BCUT2D eigenvalue weighted by Gasteiger charge is -2.19. The zero-order chi connectivity index (χ0) is 8.97. The standard InChI is InChI=1S/C10H18IN/c1-3-5-12(6-4-2)8-9-7-10(9)11/h3-8H2,1-2H3. The van der Waals surface area contributed by atoms with Gasteiger partial charge in [0.05, 0.1) is 0 Å². The van der Waals surface area contributed by atoms with Gasteiger partial charge in [-0.3, -0.25) is 4.90 Å². The Bertz CT molecular complexity index is 169. The van der Waals surface area contributed by atoms with E-state index in [0.717, 1.165) is 0 Å². The van der Waals surface area contributed by atoms with E-state index < -0.39 is 0 Å². The Morgan fingerprint density at radius 2 is 1.75 bits per heavy atom. The van der Waals surface area contributed by atoms with Gasteiger partial charge >= 0.3 is 0 Å². The van der Waals surface area contributed by atoms with Gasteiger partial charge in [-0.1, -0.05) is 13.8 Å². The number of rotatable bonds is 6. The molecule has 0 bridgehead atoms. The Balaban J connectivity index is 2.23. The Labute approximate surface area is 89.3 Å². The van der Waals surface area contributed by atoms with Crippen molar-refractivity contribution in [3.05, 3.63) is 9.15 Å². The molecule has 1 aliphatic rings. The zero-order valence-electron chi connectivity index (χ0n) is 8.07. The summed E-state index contributed by atoms with van der Waals surface area (Å²) >= 11 is 2.46. The van der Waals surface area contributed by atoms with Crippen LogP contribution in [0.4, 0.5) is 0 Å². The summed E-state index contributed by atoms with van der Waals surface area (Å²) in [6, 6.07) is 0. The molecule has 0 aromatic carbocycles. The number of nitrogens with zero attached hydrogens (tertiary/aromatic N) is 1. The fourth-order valence-electron chi connectivity index (χ4n) is 1.46. The van der Waals surface area contributed by atoms with Crippen molar-refractivity contribution >= 4 is 22.6 Å². The van der Waals surface area contributed by atoms with Crippen LogP contribution in [0, 0.1) is 0 Å². The maximum Gasteiger partial charge on any atom is 0.0206 e. The summed E-state index contributed by atoms with van der Waals surface area (Å²) < 4.78 is 1.60. The monoisotopic (exact) mass is 279 g/mol. The summed E-state index contributed by atoms with van der Waals surface area (Å²) in [6.45, 7) is 8.28. The topological polar surface area (TPSA) is 3.24 Å². The van der Waals surface area contributed by atoms with Gasteiger partial charge in [-0.2, -0.15) is 0 Å². The minimum atomic E-state index is 1.24. The highest BCUT2D eigenvalue weighted by molar-refractivity contribution is 14.1. The molecule has 0 atom stereocenters. The molecule has 1 rings (SSSR count). The van der Waals surface area contributed by atoms with Crippen LogP contribution >= 0.6 is 22.6 Å². The molecule has 0 aromatic heterocycles. The largest absolute Gasteiger partial charge is 0.299 e. The fraction of sp³-hybridized carbons (Fsp3) is 0.800. The summed E-state index contributed by atoms with van der Waals surface area (Å²) in [4.78, 5) is 2.57. The third kappa shape index (κ3) is 3.44. The molecule has 2 heteroatoms. The van der Waals surface area contributed by atoms with Crippen molar-refractivity contribution in [2.45, 2.75) is 33.1 Å². The highest BCUT2D eigenvalue weighted by Crippen LogP contribution is 2.36. The van der Waals surface area contributed by atoms with Gasteiger partial charge in [-0.15, -0.1) is 0 Å². The summed E-state index contributed by atoms with van der Waals surface area (Å²) in [7, 11) is 0. The SMILES string of the molecule is CCCN(CCC)CC1=C(I)C1. The molecule has 0 saturated heterocycles. The van der Waals surface area contributed by atoms with Gasteiger partial charge in [0, 0.05) is 13.0 Å². The quantitative estimate of drug-likeness (QED) is 0.675. The maximum absolute atomic E-state index is 2.57. The fourth-order valence-corrected chi connectivity index (χ4v) is 2.09. The van der Waals surface area contributed by atoms with E-state index in [-0.39, 0.29) is 0 Å². The lowest BCUT2D eigenvalue weighted by Crippen LogP contribution is -2.26. The normalized spacial score (nSPS) is 16.0. The van der Waals surface area contributed by atoms with E-state index in [9.17, 15) is 0 Å². The lowest BCUT2D eigenvalue weighted by atomic mass is 10.3. The Kier molecular flexibility index (Phi) is 4.57. The van der Waals surface area contributed by atoms with Gasteiger partial charge in [-0.05, 0) is 57.7 Å². The first kappa shape index (κ1) is 10.5. The first-order valence-electron chi connectivity index (χ1n) is 4.86. The second kappa shape index (κ2) is 5.22. The van der Waals surface area contributed by atoms with Gasteiger partial charge in [0.2, 0.25) is 0 Å². The van der Waals surface area contributed by atoms with Crippen LogP contribution in [-0.2, 0) is 0 Å². The average molecular weight is 279 g/mol. The highest BCUT2D eigenvalue weighted by atomic mass is 127. The predicted octanol–water partition coefficient (Wildman–Crippen LogP) is 3.20. The second-order valence-electron chi connectivity index (χ2n) is 3.46. The molecule has 0 amide bonds. The molecule has 0 heterocycles. The molecule has 0 unspecified atom stereocenters. The minimum Gasteiger partial charge on any atom is -0.299 e. The second-order valence-corrected chi connectivity index (χ2v) is 4.76. The van der Waals surface area contributed by atoms with Crippen molar-refractivity contribution in [1.82, 2.24) is 4.90 Å². The smallest absolute Gasteiger partial charge is 0.0206 e. The van der Waals surface area contributed by atoms with Crippen LogP contribution in [0.25, 0.3) is 0 Å². The van der Waals surface area contributed by atoms with Crippen LogP contribution in [0.3, 0.4) is 0 Å². The van der Waals surface area contributed by atoms with Crippen LogP contribution in [-0.4, -0.2) is 24.5 Å². The molecule has 70 valence electrons. The molecule has 0 aromatic rings. The van der Waals surface area contributed by atoms with Gasteiger partial charge in [0.15, 0.2) is 0 Å². The van der Waals surface area contributed by atoms with Gasteiger partial charge in [0.1, 0.15) is 0 Å². The number of allylic oxidation sites excluding steroid dienone is 1. The van der Waals surface area contributed by atoms with E-state index >= 15 is 0 Å². The van der Waals surface area contributed by atoms with Gasteiger partial charge in [0.25, 0.3) is 0 Å². The van der Waals surface area contributed by atoms with Crippen LogP contribution in [0.1, 0.15) is 33.1 Å². The van der Waals surface area contributed by atoms with Crippen molar-refractivity contribution in [2.24, 2.45) is 0 Å². The first-order valence-corrected chi connectivity index (χ1v) is 5.94. The molecular weight excluding hydrogens is 261 g/mol. The summed E-state index contributed by atoms with van der Waals surface area (Å²) in [5.74, 6) is 0. The van der Waals surface area contributed by atoms with Crippen molar-refractivity contribution in [2.75, 3.05) is 19.6 Å². The van der Waals surface area contributed by atoms with Gasteiger partial charge < -0.3 is 0 Å². The molecule has 0 fully saturated rings. The summed E-state index contributed by atoms with van der Waals surface area (Å²) in [6.07, 6.45) is 3.86. The van der Waals surface area contributed by atoms with Crippen LogP contribution in [0.5, 0.6) is 0 Å². The molecule has 1 nitrogen and oxygen atoms in total. The Hall–Kier alpha value is 0.430. The van der Waals surface area contributed by atoms with Crippen molar-refractivity contribution < 1.29 is 0 Å². The van der Waals surface area contributed by atoms with Crippen molar-refractivity contribution in [3.8, 4) is 0 Å². The average Bonchev–Trinajstić information content (AvgIpc) is 2.67. The summed E-state index contributed by atoms with van der Waals surface area (Å²) in [5.41, 5.74) is 1.68. The van der Waals surface area contributed by atoms with Crippen molar-refractivity contribution in [1.29, 1.82) is 0 Å². The van der Waals surface area contributed by atoms with E-state index in [0.29, 0.717) is 0 Å². The molecule has 12 heavy (non-hydrogen) atoms. The van der Waals surface area contributed by atoms with Crippen LogP contribution in [0.15, 0.2) is 9.15 Å². The predicted molar refractivity (Wildman–Crippen MR) is 62.7 cm³/mol. The third-order valence-corrected chi connectivity index (χ3v) is 3.27. The first-order chi connectivity index (χ1) is 5.77. The molecule has 0 spiro atoms. The lowest BCUT2D eigenvalue weighted by molar-refractivity contribution is 0.299. The molecule has 0 saturated carbocycles. The molecule has 1 aliphatic carbocycles. The van der Waals surface area contributed by atoms with E-state index in [2.05, 4.69) is 41.3 Å². The molecule has 0 radical (unpaired) electrons. The Morgan fingerprint density at radius 3 is 2.08 bits per heavy atom. The van der Waals surface area contributed by atoms with Crippen LogP contribution in [0.2, 0.25) is 0 Å². The van der Waals surface area contributed by atoms with E-state index in [1.165, 1.54) is 38.9 Å². The third-order valence-electron chi connectivity index (χ3n) is 2.12. The van der Waals surface area contributed by atoms with Gasteiger partial charge in [-0.25, -0.2) is 0 Å². The van der Waals surface area contributed by atoms with Crippen molar-refractivity contribution in [3.63, 3.8) is 0 Å². The summed E-state index contributed by atoms with van der Waals surface area (Å²) in [5, 5.41) is 0. The zero-order valence-corrected chi connectivity index (χ0v) is 10.2. The number of hydrogen-bond donors (Lipinski definition) is 0. The number of hydrogen-bond acceptors (Lipinski definition) is 1. The van der Waals surface area contributed by atoms with E-state index in [4.69, 9.17) is 0 Å².